The van der Waals surface area contributed by atoms with Gasteiger partial charge >= 0.3 is 0 Å². The lowest BCUT2D eigenvalue weighted by Gasteiger charge is -2.18. The minimum Gasteiger partial charge on any atom is -0.489 e. The van der Waals surface area contributed by atoms with Crippen molar-refractivity contribution in [3.63, 3.8) is 0 Å². The largest absolute Gasteiger partial charge is 0.489 e. The first kappa shape index (κ1) is 19.7. The van der Waals surface area contributed by atoms with E-state index < -0.39 is 0 Å². The van der Waals surface area contributed by atoms with Gasteiger partial charge < -0.3 is 14.6 Å². The Morgan fingerprint density at radius 1 is 1.07 bits per heavy atom. The average Bonchev–Trinajstić information content (AvgIpc) is 3.03. The highest BCUT2D eigenvalue weighted by Gasteiger charge is 2.14. The summed E-state index contributed by atoms with van der Waals surface area (Å²) >= 11 is 0. The molecule has 1 aromatic heterocycles. The third-order valence-corrected chi connectivity index (χ3v) is 4.87. The Morgan fingerprint density at radius 3 is 2.32 bits per heavy atom. The van der Waals surface area contributed by atoms with E-state index in [0.29, 0.717) is 17.9 Å². The Hall–Kier alpha value is -3.08. The van der Waals surface area contributed by atoms with Gasteiger partial charge in [-0.3, -0.25) is 4.79 Å². The number of hydrogen-bond donors (Lipinski definition) is 1. The maximum absolute atomic E-state index is 12.6. The first-order valence-corrected chi connectivity index (χ1v) is 9.50. The van der Waals surface area contributed by atoms with Gasteiger partial charge in [0, 0.05) is 5.56 Å². The Morgan fingerprint density at radius 2 is 1.75 bits per heavy atom. The Kier molecular flexibility index (Phi) is 6.14. The lowest BCUT2D eigenvalue weighted by Crippen LogP contribution is -2.28. The van der Waals surface area contributed by atoms with Crippen LogP contribution in [0.3, 0.4) is 0 Å². The second-order valence-corrected chi connectivity index (χ2v) is 6.96. The Labute approximate surface area is 165 Å². The molecular weight excluding hydrogens is 352 g/mol. The van der Waals surface area contributed by atoms with Gasteiger partial charge in [0.15, 0.2) is 0 Å². The number of hydrogen-bond acceptors (Lipinski definition) is 4. The summed E-state index contributed by atoms with van der Waals surface area (Å²) in [5.41, 5.74) is 4.70. The minimum absolute atomic E-state index is 0.0106. The second-order valence-electron chi connectivity index (χ2n) is 6.96. The van der Waals surface area contributed by atoms with E-state index in [1.807, 2.05) is 13.8 Å². The minimum atomic E-state index is -0.0929. The first-order chi connectivity index (χ1) is 13.5. The van der Waals surface area contributed by atoms with Gasteiger partial charge in [0.1, 0.15) is 18.1 Å². The van der Waals surface area contributed by atoms with Gasteiger partial charge in [-0.05, 0) is 57.0 Å². The van der Waals surface area contributed by atoms with Crippen molar-refractivity contribution < 1.29 is 14.1 Å². The molecular formula is C23H26N2O3. The summed E-state index contributed by atoms with van der Waals surface area (Å²) in [6, 6.07) is 15.4. The summed E-state index contributed by atoms with van der Waals surface area (Å²) in [7, 11) is 0. The number of rotatable bonds is 7. The van der Waals surface area contributed by atoms with Crippen LogP contribution in [-0.4, -0.2) is 11.1 Å². The molecule has 1 heterocycles. The molecule has 0 aliphatic carbocycles. The van der Waals surface area contributed by atoms with Gasteiger partial charge in [0.25, 0.3) is 5.91 Å². The smallest absolute Gasteiger partial charge is 0.251 e. The summed E-state index contributed by atoms with van der Waals surface area (Å²) < 4.78 is 10.9. The van der Waals surface area contributed by atoms with Crippen molar-refractivity contribution >= 4 is 5.91 Å². The molecule has 5 heteroatoms. The van der Waals surface area contributed by atoms with E-state index in [9.17, 15) is 4.79 Å². The molecule has 0 fully saturated rings. The quantitative estimate of drug-likeness (QED) is 0.624. The van der Waals surface area contributed by atoms with Crippen molar-refractivity contribution in [2.24, 2.45) is 0 Å². The molecule has 0 aliphatic rings. The fourth-order valence-electron chi connectivity index (χ4n) is 3.03. The van der Waals surface area contributed by atoms with Crippen LogP contribution >= 0.6 is 0 Å². The molecule has 5 nitrogen and oxygen atoms in total. The van der Waals surface area contributed by atoms with E-state index >= 15 is 0 Å². The lowest BCUT2D eigenvalue weighted by atomic mass is 10.0. The molecule has 0 spiro atoms. The van der Waals surface area contributed by atoms with Crippen LogP contribution in [0.5, 0.6) is 5.75 Å². The number of amides is 1. The standard InChI is InChI=1S/C23H26N2O3/c1-5-22(18-8-6-15(2)7-9-18)24-23(26)19-10-12-20(13-11-19)27-14-21-16(3)25-28-17(21)4/h6-13,22H,5,14H2,1-4H3,(H,24,26). The molecule has 28 heavy (non-hydrogen) atoms. The number of nitrogens with one attached hydrogen (secondary N) is 1. The fourth-order valence-corrected chi connectivity index (χ4v) is 3.03. The van der Waals surface area contributed by atoms with E-state index in [1.165, 1.54) is 5.56 Å². The summed E-state index contributed by atoms with van der Waals surface area (Å²) in [5.74, 6) is 1.36. The molecule has 0 bridgehead atoms. The normalized spacial score (nSPS) is 11.9. The zero-order valence-electron chi connectivity index (χ0n) is 16.8. The molecule has 2 aromatic carbocycles. The van der Waals surface area contributed by atoms with Crippen molar-refractivity contribution in [3.8, 4) is 5.75 Å². The van der Waals surface area contributed by atoms with Gasteiger partial charge in [-0.2, -0.15) is 0 Å². The third-order valence-electron chi connectivity index (χ3n) is 4.87. The number of aromatic nitrogens is 1. The summed E-state index contributed by atoms with van der Waals surface area (Å²) in [4.78, 5) is 12.6. The second kappa shape index (κ2) is 8.74. The molecule has 3 rings (SSSR count). The van der Waals surface area contributed by atoms with Crippen LogP contribution in [0.1, 0.15) is 57.9 Å². The average molecular weight is 378 g/mol. The van der Waals surface area contributed by atoms with Crippen molar-refractivity contribution in [2.45, 2.75) is 46.8 Å². The molecule has 0 radical (unpaired) electrons. The zero-order chi connectivity index (χ0) is 20.1. The maximum Gasteiger partial charge on any atom is 0.251 e. The van der Waals surface area contributed by atoms with E-state index in [0.717, 1.165) is 29.0 Å². The summed E-state index contributed by atoms with van der Waals surface area (Å²) in [5, 5.41) is 7.03. The monoisotopic (exact) mass is 378 g/mol. The van der Waals surface area contributed by atoms with Crippen LogP contribution < -0.4 is 10.1 Å². The SMILES string of the molecule is CCC(NC(=O)c1ccc(OCc2c(C)noc2C)cc1)c1ccc(C)cc1. The predicted octanol–water partition coefficient (Wildman–Crippen LogP) is 5.06. The Balaban J connectivity index is 1.62. The van der Waals surface area contributed by atoms with Crippen LogP contribution in [0, 0.1) is 20.8 Å². The number of carbonyl (C=O) groups excluding carboxylic acids is 1. The van der Waals surface area contributed by atoms with Crippen LogP contribution in [0.4, 0.5) is 0 Å². The molecule has 0 saturated carbocycles. The number of ether oxygens (including phenoxy) is 1. The van der Waals surface area contributed by atoms with E-state index in [-0.39, 0.29) is 11.9 Å². The molecule has 1 N–H and O–H groups in total. The van der Waals surface area contributed by atoms with Gasteiger partial charge in [0.2, 0.25) is 0 Å². The number of benzene rings is 2. The first-order valence-electron chi connectivity index (χ1n) is 9.50. The molecule has 3 aromatic rings. The van der Waals surface area contributed by atoms with Crippen molar-refractivity contribution in [1.82, 2.24) is 10.5 Å². The molecule has 146 valence electrons. The van der Waals surface area contributed by atoms with E-state index in [2.05, 4.69) is 48.6 Å². The Bertz CT molecular complexity index is 908. The van der Waals surface area contributed by atoms with Crippen LogP contribution in [0.2, 0.25) is 0 Å². The predicted molar refractivity (Wildman–Crippen MR) is 108 cm³/mol. The molecule has 1 unspecified atom stereocenters. The zero-order valence-corrected chi connectivity index (χ0v) is 16.8. The number of nitrogens with zero attached hydrogens (tertiary/aromatic N) is 1. The molecule has 0 aliphatic heterocycles. The molecule has 1 atom stereocenters. The van der Waals surface area contributed by atoms with Gasteiger partial charge in [-0.25, -0.2) is 0 Å². The molecule has 0 saturated heterocycles. The van der Waals surface area contributed by atoms with Gasteiger partial charge in [0.05, 0.1) is 17.3 Å². The van der Waals surface area contributed by atoms with Gasteiger partial charge in [-0.15, -0.1) is 0 Å². The van der Waals surface area contributed by atoms with Gasteiger partial charge in [-0.1, -0.05) is 41.9 Å². The van der Waals surface area contributed by atoms with Crippen molar-refractivity contribution in [1.29, 1.82) is 0 Å². The maximum atomic E-state index is 12.6. The third kappa shape index (κ3) is 4.60. The highest BCUT2D eigenvalue weighted by Crippen LogP contribution is 2.20. The molecule has 1 amide bonds. The van der Waals surface area contributed by atoms with Crippen LogP contribution in [0.25, 0.3) is 0 Å². The van der Waals surface area contributed by atoms with Crippen molar-refractivity contribution in [2.75, 3.05) is 0 Å². The van der Waals surface area contributed by atoms with E-state index in [1.54, 1.807) is 24.3 Å². The fraction of sp³-hybridized carbons (Fsp3) is 0.304. The summed E-state index contributed by atoms with van der Waals surface area (Å²) in [6.45, 7) is 8.26. The van der Waals surface area contributed by atoms with Crippen molar-refractivity contribution in [3.05, 3.63) is 82.2 Å². The number of carbonyl (C=O) groups is 1. The summed E-state index contributed by atoms with van der Waals surface area (Å²) in [6.07, 6.45) is 0.827. The number of aryl methyl sites for hydroxylation is 3. The highest BCUT2D eigenvalue weighted by molar-refractivity contribution is 5.94. The van der Waals surface area contributed by atoms with E-state index in [4.69, 9.17) is 9.26 Å². The topological polar surface area (TPSA) is 64.4 Å². The highest BCUT2D eigenvalue weighted by atomic mass is 16.5. The lowest BCUT2D eigenvalue weighted by molar-refractivity contribution is 0.0935. The van der Waals surface area contributed by atoms with Crippen LogP contribution in [-0.2, 0) is 6.61 Å². The van der Waals surface area contributed by atoms with Crippen LogP contribution in [0.15, 0.2) is 53.1 Å².